The van der Waals surface area contributed by atoms with Gasteiger partial charge in [-0.2, -0.15) is 13.2 Å². The Morgan fingerprint density at radius 3 is 2.78 bits per heavy atom. The number of hydrogen-bond acceptors (Lipinski definition) is 4. The van der Waals surface area contributed by atoms with Crippen LogP contribution in [0.25, 0.3) is 0 Å². The van der Waals surface area contributed by atoms with Crippen LogP contribution in [0.2, 0.25) is 5.02 Å². The van der Waals surface area contributed by atoms with E-state index < -0.39 is 11.7 Å². The van der Waals surface area contributed by atoms with Gasteiger partial charge in [0.15, 0.2) is 0 Å². The van der Waals surface area contributed by atoms with Crippen LogP contribution >= 0.6 is 24.0 Å². The molecule has 0 aromatic carbocycles. The molecule has 1 atom stereocenters. The van der Waals surface area contributed by atoms with Crippen molar-refractivity contribution >= 4 is 35.7 Å². The Morgan fingerprint density at radius 1 is 1.52 bits per heavy atom. The maximum atomic E-state index is 12.6. The minimum atomic E-state index is -4.47. The average molecular weight is 373 g/mol. The van der Waals surface area contributed by atoms with Gasteiger partial charge in [-0.05, 0) is 12.5 Å². The average Bonchev–Trinajstić information content (AvgIpc) is 2.86. The number of nitrogens with two attached hydrogens (primary N) is 1. The van der Waals surface area contributed by atoms with Gasteiger partial charge in [-0.25, -0.2) is 4.98 Å². The van der Waals surface area contributed by atoms with Gasteiger partial charge in [0, 0.05) is 38.3 Å². The first-order valence-corrected chi connectivity index (χ1v) is 7.16. The highest BCUT2D eigenvalue weighted by atomic mass is 35.5. The number of anilines is 1. The highest BCUT2D eigenvalue weighted by Crippen LogP contribution is 2.34. The van der Waals surface area contributed by atoms with Gasteiger partial charge in [0.05, 0.1) is 10.6 Å². The molecule has 0 spiro atoms. The van der Waals surface area contributed by atoms with Crippen molar-refractivity contribution in [2.24, 2.45) is 5.73 Å². The van der Waals surface area contributed by atoms with Crippen LogP contribution < -0.4 is 16.0 Å². The molecule has 130 valence electrons. The lowest BCUT2D eigenvalue weighted by molar-refractivity contribution is -0.137. The summed E-state index contributed by atoms with van der Waals surface area (Å²) in [6, 6.07) is 0.781. The van der Waals surface area contributed by atoms with E-state index in [0.717, 1.165) is 12.3 Å². The van der Waals surface area contributed by atoms with Crippen LogP contribution in [0.1, 0.15) is 18.4 Å². The molecule has 2 rings (SSSR count). The number of nitrogens with zero attached hydrogens (tertiary/aromatic N) is 2. The fourth-order valence-corrected chi connectivity index (χ4v) is 2.61. The molecule has 1 saturated heterocycles. The lowest BCUT2D eigenvalue weighted by atomic mass is 10.2. The van der Waals surface area contributed by atoms with E-state index in [2.05, 4.69) is 10.3 Å². The lowest BCUT2D eigenvalue weighted by Gasteiger charge is -2.20. The number of hydrogen-bond donors (Lipinski definition) is 2. The molecule has 23 heavy (non-hydrogen) atoms. The summed E-state index contributed by atoms with van der Waals surface area (Å²) in [6.45, 7) is 1.29. The predicted octanol–water partition coefficient (Wildman–Crippen LogP) is 2.22. The normalized spacial score (nSPS) is 17.8. The second-order valence-corrected chi connectivity index (χ2v) is 5.47. The first-order chi connectivity index (χ1) is 10.3. The van der Waals surface area contributed by atoms with E-state index in [-0.39, 0.29) is 42.3 Å². The number of halogens is 5. The Labute approximate surface area is 142 Å². The van der Waals surface area contributed by atoms with Gasteiger partial charge in [-0.3, -0.25) is 4.79 Å². The monoisotopic (exact) mass is 372 g/mol. The van der Waals surface area contributed by atoms with Gasteiger partial charge in [0.2, 0.25) is 5.91 Å². The molecule has 2 heterocycles. The predicted molar refractivity (Wildman–Crippen MR) is 83.9 cm³/mol. The summed E-state index contributed by atoms with van der Waals surface area (Å²) in [7, 11) is 0. The van der Waals surface area contributed by atoms with Crippen LogP contribution in [0.5, 0.6) is 0 Å². The first kappa shape index (κ1) is 19.8. The molecule has 0 aliphatic carbocycles. The molecule has 0 radical (unpaired) electrons. The zero-order chi connectivity index (χ0) is 16.3. The zero-order valence-electron chi connectivity index (χ0n) is 12.1. The number of pyridine rings is 1. The molecule has 3 N–H and O–H groups in total. The van der Waals surface area contributed by atoms with Crippen molar-refractivity contribution in [3.8, 4) is 0 Å². The molecular formula is C13H17Cl2F3N4O. The topological polar surface area (TPSA) is 71.2 Å². The second kappa shape index (κ2) is 8.03. The van der Waals surface area contributed by atoms with Gasteiger partial charge in [0.1, 0.15) is 5.82 Å². The molecule has 1 fully saturated rings. The zero-order valence-corrected chi connectivity index (χ0v) is 13.6. The summed E-state index contributed by atoms with van der Waals surface area (Å²) in [5.41, 5.74) is 4.42. The van der Waals surface area contributed by atoms with Crippen LogP contribution in [0.15, 0.2) is 12.3 Å². The molecule has 1 aromatic rings. The van der Waals surface area contributed by atoms with E-state index in [9.17, 15) is 18.0 Å². The fourth-order valence-electron chi connectivity index (χ4n) is 2.32. The Kier molecular flexibility index (Phi) is 6.91. The number of nitrogens with one attached hydrogen (secondary N) is 1. The highest BCUT2D eigenvalue weighted by Gasteiger charge is 2.33. The number of amides is 1. The summed E-state index contributed by atoms with van der Waals surface area (Å²) in [5.74, 6) is 0.158. The molecule has 1 amide bonds. The van der Waals surface area contributed by atoms with Crippen molar-refractivity contribution in [1.82, 2.24) is 10.3 Å². The van der Waals surface area contributed by atoms with E-state index in [1.54, 1.807) is 4.90 Å². The Balaban J connectivity index is 0.00000264. The Hall–Kier alpha value is -1.25. The standard InChI is InChI=1S/C13H16ClF3N4O.ClH/c14-10-5-8(13(15,16)17)6-19-12(10)21-4-2-9(7-21)20-11(22)1-3-18;/h5-6,9H,1-4,7,18H2,(H,20,22);1H. The van der Waals surface area contributed by atoms with Crippen LogP contribution in [0, 0.1) is 0 Å². The van der Waals surface area contributed by atoms with Crippen LogP contribution in [-0.4, -0.2) is 36.6 Å². The van der Waals surface area contributed by atoms with E-state index in [1.807, 2.05) is 0 Å². The largest absolute Gasteiger partial charge is 0.417 e. The summed E-state index contributed by atoms with van der Waals surface area (Å²) >= 11 is 5.91. The van der Waals surface area contributed by atoms with Gasteiger partial charge < -0.3 is 16.0 Å². The van der Waals surface area contributed by atoms with E-state index in [0.29, 0.717) is 25.3 Å². The van der Waals surface area contributed by atoms with Crippen molar-refractivity contribution in [2.45, 2.75) is 25.1 Å². The lowest BCUT2D eigenvalue weighted by Crippen LogP contribution is -2.38. The fraction of sp³-hybridized carbons (Fsp3) is 0.538. The van der Waals surface area contributed by atoms with Crippen molar-refractivity contribution < 1.29 is 18.0 Å². The molecule has 1 aromatic heterocycles. The maximum absolute atomic E-state index is 12.6. The van der Waals surface area contributed by atoms with E-state index in [4.69, 9.17) is 17.3 Å². The van der Waals surface area contributed by atoms with Crippen molar-refractivity contribution in [3.63, 3.8) is 0 Å². The van der Waals surface area contributed by atoms with Crippen LogP contribution in [0.3, 0.4) is 0 Å². The summed E-state index contributed by atoms with van der Waals surface area (Å²) in [6.07, 6.45) is -2.79. The maximum Gasteiger partial charge on any atom is 0.417 e. The third kappa shape index (κ3) is 5.12. The molecule has 5 nitrogen and oxygen atoms in total. The minimum absolute atomic E-state index is 0. The Morgan fingerprint density at radius 2 is 2.22 bits per heavy atom. The second-order valence-electron chi connectivity index (χ2n) is 5.06. The molecule has 1 aliphatic rings. The third-order valence-electron chi connectivity index (χ3n) is 3.37. The van der Waals surface area contributed by atoms with Gasteiger partial charge in [0.25, 0.3) is 0 Å². The molecule has 1 aliphatic heterocycles. The molecular weight excluding hydrogens is 356 g/mol. The number of carbonyl (C=O) groups excluding carboxylic acids is 1. The van der Waals surface area contributed by atoms with Gasteiger partial charge >= 0.3 is 6.18 Å². The highest BCUT2D eigenvalue weighted by molar-refractivity contribution is 6.33. The number of aromatic nitrogens is 1. The van der Waals surface area contributed by atoms with Crippen LogP contribution in [0.4, 0.5) is 19.0 Å². The van der Waals surface area contributed by atoms with Crippen molar-refractivity contribution in [2.75, 3.05) is 24.5 Å². The first-order valence-electron chi connectivity index (χ1n) is 6.78. The number of alkyl halides is 3. The quantitative estimate of drug-likeness (QED) is 0.849. The summed E-state index contributed by atoms with van der Waals surface area (Å²) < 4.78 is 37.8. The van der Waals surface area contributed by atoms with E-state index in [1.165, 1.54) is 0 Å². The minimum Gasteiger partial charge on any atom is -0.353 e. The van der Waals surface area contributed by atoms with Crippen molar-refractivity contribution in [1.29, 1.82) is 0 Å². The molecule has 0 bridgehead atoms. The molecule has 10 heteroatoms. The third-order valence-corrected chi connectivity index (χ3v) is 3.65. The van der Waals surface area contributed by atoms with Gasteiger partial charge in [-0.1, -0.05) is 11.6 Å². The number of rotatable bonds is 4. The van der Waals surface area contributed by atoms with Crippen LogP contribution in [-0.2, 0) is 11.0 Å². The summed E-state index contributed by atoms with van der Waals surface area (Å²) in [5, 5.41) is 2.77. The van der Waals surface area contributed by atoms with Crippen molar-refractivity contribution in [3.05, 3.63) is 22.8 Å². The Bertz CT molecular complexity index is 557. The molecule has 0 saturated carbocycles. The smallest absolute Gasteiger partial charge is 0.353 e. The number of carbonyl (C=O) groups is 1. The van der Waals surface area contributed by atoms with Gasteiger partial charge in [-0.15, -0.1) is 12.4 Å². The molecule has 1 unspecified atom stereocenters. The summed E-state index contributed by atoms with van der Waals surface area (Å²) in [4.78, 5) is 17.1. The van der Waals surface area contributed by atoms with E-state index >= 15 is 0 Å². The SMILES string of the molecule is Cl.NCCC(=O)NC1CCN(c2ncc(C(F)(F)F)cc2Cl)C1.